The number of piperidine rings is 1. The third-order valence-electron chi connectivity index (χ3n) is 3.81. The molecule has 18 heavy (non-hydrogen) atoms. The normalized spacial score (nSPS) is 29.5. The van der Waals surface area contributed by atoms with Gasteiger partial charge in [-0.15, -0.1) is 0 Å². The predicted molar refractivity (Wildman–Crippen MR) is 76.0 cm³/mol. The van der Waals surface area contributed by atoms with E-state index in [1.165, 1.54) is 57.3 Å². The van der Waals surface area contributed by atoms with Crippen LogP contribution in [0.5, 0.6) is 0 Å². The SMILES string of the molecule is CC(C)(C)ON=C1CCCCC1N1CCCCC1. The molecule has 104 valence electrons. The molecular formula is C15H28N2O. The van der Waals surface area contributed by atoms with E-state index in [4.69, 9.17) is 4.84 Å². The van der Waals surface area contributed by atoms with Crippen molar-refractivity contribution in [2.24, 2.45) is 5.16 Å². The first kappa shape index (κ1) is 13.9. The summed E-state index contributed by atoms with van der Waals surface area (Å²) in [4.78, 5) is 8.28. The summed E-state index contributed by atoms with van der Waals surface area (Å²) in [5, 5.41) is 4.49. The lowest BCUT2D eigenvalue weighted by Crippen LogP contribution is -2.45. The van der Waals surface area contributed by atoms with Crippen LogP contribution in [0, 0.1) is 0 Å². The highest BCUT2D eigenvalue weighted by Crippen LogP contribution is 2.24. The van der Waals surface area contributed by atoms with Crippen molar-refractivity contribution in [2.75, 3.05) is 13.1 Å². The van der Waals surface area contributed by atoms with Crippen molar-refractivity contribution in [3.8, 4) is 0 Å². The van der Waals surface area contributed by atoms with Gasteiger partial charge in [0.1, 0.15) is 5.60 Å². The molecule has 1 unspecified atom stereocenters. The zero-order chi connectivity index (χ0) is 13.0. The fourth-order valence-electron chi connectivity index (χ4n) is 2.90. The lowest BCUT2D eigenvalue weighted by molar-refractivity contribution is -0.00149. The minimum atomic E-state index is -0.170. The Bertz CT molecular complexity index is 287. The van der Waals surface area contributed by atoms with Crippen LogP contribution in [0.25, 0.3) is 0 Å². The van der Waals surface area contributed by atoms with Gasteiger partial charge in [-0.25, -0.2) is 0 Å². The van der Waals surface area contributed by atoms with Crippen molar-refractivity contribution in [1.82, 2.24) is 4.90 Å². The van der Waals surface area contributed by atoms with Crippen LogP contribution in [-0.4, -0.2) is 35.3 Å². The molecule has 0 N–H and O–H groups in total. The van der Waals surface area contributed by atoms with Crippen molar-refractivity contribution >= 4 is 5.71 Å². The first-order valence-electron chi connectivity index (χ1n) is 7.55. The molecule has 3 nitrogen and oxygen atoms in total. The summed E-state index contributed by atoms with van der Waals surface area (Å²) in [6, 6.07) is 0.557. The maximum absolute atomic E-state index is 5.65. The second-order valence-electron chi connectivity index (χ2n) is 6.64. The Morgan fingerprint density at radius 2 is 1.78 bits per heavy atom. The summed E-state index contributed by atoms with van der Waals surface area (Å²) in [5.74, 6) is 0. The average Bonchev–Trinajstić information content (AvgIpc) is 2.37. The lowest BCUT2D eigenvalue weighted by Gasteiger charge is -2.37. The molecule has 1 atom stereocenters. The van der Waals surface area contributed by atoms with Gasteiger partial charge in [0.15, 0.2) is 0 Å². The highest BCUT2D eigenvalue weighted by molar-refractivity contribution is 5.89. The molecule has 0 aromatic carbocycles. The molecule has 0 spiro atoms. The summed E-state index contributed by atoms with van der Waals surface area (Å²) >= 11 is 0. The standard InChI is InChI=1S/C15H28N2O/c1-15(2,3)18-16-13-9-5-6-10-14(13)17-11-7-4-8-12-17/h14H,4-12H2,1-3H3. The molecule has 1 saturated carbocycles. The molecule has 2 fully saturated rings. The topological polar surface area (TPSA) is 24.8 Å². The molecule has 1 aliphatic heterocycles. The van der Waals surface area contributed by atoms with Gasteiger partial charge in [-0.3, -0.25) is 4.90 Å². The highest BCUT2D eigenvalue weighted by atomic mass is 16.6. The maximum Gasteiger partial charge on any atom is 0.129 e. The highest BCUT2D eigenvalue weighted by Gasteiger charge is 2.28. The quantitative estimate of drug-likeness (QED) is 0.702. The summed E-state index contributed by atoms with van der Waals surface area (Å²) in [7, 11) is 0. The third-order valence-corrected chi connectivity index (χ3v) is 3.81. The number of nitrogens with zero attached hydrogens (tertiary/aromatic N) is 2. The van der Waals surface area contributed by atoms with E-state index in [2.05, 4.69) is 30.8 Å². The molecular weight excluding hydrogens is 224 g/mol. The zero-order valence-corrected chi connectivity index (χ0v) is 12.2. The van der Waals surface area contributed by atoms with Gasteiger partial charge in [-0.05, 0) is 66.0 Å². The van der Waals surface area contributed by atoms with E-state index in [0.717, 1.165) is 6.42 Å². The molecule has 0 radical (unpaired) electrons. The Labute approximate surface area is 112 Å². The Kier molecular flexibility index (Phi) is 4.66. The summed E-state index contributed by atoms with van der Waals surface area (Å²) in [6.07, 6.45) is 9.11. The van der Waals surface area contributed by atoms with Gasteiger partial charge < -0.3 is 4.84 Å². The van der Waals surface area contributed by atoms with Crippen molar-refractivity contribution < 1.29 is 4.84 Å². The molecule has 1 saturated heterocycles. The van der Waals surface area contributed by atoms with Gasteiger partial charge in [-0.1, -0.05) is 18.0 Å². The van der Waals surface area contributed by atoms with Crippen molar-refractivity contribution in [2.45, 2.75) is 77.4 Å². The van der Waals surface area contributed by atoms with Gasteiger partial charge >= 0.3 is 0 Å². The molecule has 0 aromatic heterocycles. The molecule has 0 amide bonds. The summed E-state index contributed by atoms with van der Waals surface area (Å²) in [6.45, 7) is 8.69. The Balaban J connectivity index is 2.00. The van der Waals surface area contributed by atoms with Crippen LogP contribution in [0.1, 0.15) is 65.7 Å². The summed E-state index contributed by atoms with van der Waals surface area (Å²) < 4.78 is 0. The lowest BCUT2D eigenvalue weighted by atomic mass is 9.91. The third kappa shape index (κ3) is 3.98. The fourth-order valence-corrected chi connectivity index (χ4v) is 2.90. The average molecular weight is 252 g/mol. The van der Waals surface area contributed by atoms with Crippen molar-refractivity contribution in [3.63, 3.8) is 0 Å². The van der Waals surface area contributed by atoms with Gasteiger partial charge in [0, 0.05) is 0 Å². The molecule has 3 heteroatoms. The van der Waals surface area contributed by atoms with Crippen LogP contribution in [0.4, 0.5) is 0 Å². The predicted octanol–water partition coefficient (Wildman–Crippen LogP) is 3.59. The Morgan fingerprint density at radius 1 is 1.06 bits per heavy atom. The van der Waals surface area contributed by atoms with Crippen LogP contribution >= 0.6 is 0 Å². The molecule has 1 heterocycles. The van der Waals surface area contributed by atoms with Crippen molar-refractivity contribution in [1.29, 1.82) is 0 Å². The van der Waals surface area contributed by atoms with E-state index >= 15 is 0 Å². The van der Waals surface area contributed by atoms with Crippen LogP contribution < -0.4 is 0 Å². The van der Waals surface area contributed by atoms with Gasteiger partial charge in [0.2, 0.25) is 0 Å². The smallest absolute Gasteiger partial charge is 0.129 e. The van der Waals surface area contributed by atoms with Crippen LogP contribution in [0.2, 0.25) is 0 Å². The number of hydrogen-bond donors (Lipinski definition) is 0. The largest absolute Gasteiger partial charge is 0.390 e. The van der Waals surface area contributed by atoms with Crippen LogP contribution in [0.15, 0.2) is 5.16 Å². The number of likely N-dealkylation sites (tertiary alicyclic amines) is 1. The van der Waals surface area contributed by atoms with E-state index in [0.29, 0.717) is 6.04 Å². The summed E-state index contributed by atoms with van der Waals surface area (Å²) in [5.41, 5.74) is 1.12. The second kappa shape index (κ2) is 6.05. The van der Waals surface area contributed by atoms with Gasteiger partial charge in [0.05, 0.1) is 11.8 Å². The van der Waals surface area contributed by atoms with Crippen molar-refractivity contribution in [3.05, 3.63) is 0 Å². The number of oxime groups is 1. The Morgan fingerprint density at radius 3 is 2.44 bits per heavy atom. The van der Waals surface area contributed by atoms with Gasteiger partial charge in [-0.2, -0.15) is 0 Å². The van der Waals surface area contributed by atoms with E-state index < -0.39 is 0 Å². The molecule has 0 bridgehead atoms. The van der Waals surface area contributed by atoms with E-state index in [1.807, 2.05) is 0 Å². The molecule has 0 aromatic rings. The molecule has 2 rings (SSSR count). The maximum atomic E-state index is 5.65. The van der Waals surface area contributed by atoms with Crippen LogP contribution in [0.3, 0.4) is 0 Å². The fraction of sp³-hybridized carbons (Fsp3) is 0.933. The monoisotopic (exact) mass is 252 g/mol. The minimum Gasteiger partial charge on any atom is -0.390 e. The number of hydrogen-bond acceptors (Lipinski definition) is 3. The zero-order valence-electron chi connectivity index (χ0n) is 12.2. The first-order chi connectivity index (χ1) is 8.56. The van der Waals surface area contributed by atoms with E-state index in [9.17, 15) is 0 Å². The van der Waals surface area contributed by atoms with Gasteiger partial charge in [0.25, 0.3) is 0 Å². The second-order valence-corrected chi connectivity index (χ2v) is 6.64. The van der Waals surface area contributed by atoms with E-state index in [-0.39, 0.29) is 5.60 Å². The Hall–Kier alpha value is -0.570. The minimum absolute atomic E-state index is 0.170. The molecule has 2 aliphatic rings. The number of rotatable bonds is 2. The molecule has 1 aliphatic carbocycles. The van der Waals surface area contributed by atoms with Crippen LogP contribution in [-0.2, 0) is 4.84 Å². The first-order valence-corrected chi connectivity index (χ1v) is 7.55. The van der Waals surface area contributed by atoms with E-state index in [1.54, 1.807) is 0 Å².